The maximum absolute atomic E-state index is 10.5. The van der Waals surface area contributed by atoms with E-state index in [0.717, 1.165) is 0 Å². The van der Waals surface area contributed by atoms with E-state index < -0.39 is 8.56 Å². The topological polar surface area (TPSA) is 44.8 Å². The molecule has 0 fully saturated rings. The van der Waals surface area contributed by atoms with Gasteiger partial charge in [0, 0.05) is 20.1 Å². The molecule has 0 radical (unpaired) electrons. The van der Waals surface area contributed by atoms with Crippen LogP contribution in [-0.2, 0) is 18.4 Å². The lowest BCUT2D eigenvalue weighted by Crippen LogP contribution is -2.36. The molecule has 0 aromatic heterocycles. The maximum Gasteiger partial charge on any atom is 0.361 e. The largest absolute Gasteiger partial charge is 0.466 e. The predicted molar refractivity (Wildman–Crippen MR) is 65.3 cm³/mol. The molecule has 0 unspecified atom stereocenters. The lowest BCUT2D eigenvalue weighted by atomic mass is 10.4. The Morgan fingerprint density at radius 1 is 1.25 bits per heavy atom. The van der Waals surface area contributed by atoms with Crippen LogP contribution >= 0.6 is 0 Å². The number of hydrogen-bond donors (Lipinski definition) is 0. The fraction of sp³-hybridized carbons (Fsp3) is 0.727. The van der Waals surface area contributed by atoms with Crippen molar-refractivity contribution in [3.05, 3.63) is 11.8 Å². The van der Waals surface area contributed by atoms with Crippen LogP contribution in [0.1, 0.15) is 27.2 Å². The van der Waals surface area contributed by atoms with Gasteiger partial charge in [-0.25, -0.2) is 0 Å². The van der Waals surface area contributed by atoms with Crippen LogP contribution in [0.25, 0.3) is 0 Å². The molecular weight excluding hydrogens is 224 g/mol. The Morgan fingerprint density at radius 3 is 2.25 bits per heavy atom. The average molecular weight is 246 g/mol. The van der Waals surface area contributed by atoms with Crippen molar-refractivity contribution in [1.29, 1.82) is 0 Å². The first-order valence-corrected chi connectivity index (χ1v) is 8.02. The second kappa shape index (κ2) is 8.49. The fourth-order valence-electron chi connectivity index (χ4n) is 1.28. The van der Waals surface area contributed by atoms with E-state index in [1.165, 1.54) is 6.92 Å². The maximum atomic E-state index is 10.5. The molecule has 94 valence electrons. The van der Waals surface area contributed by atoms with Gasteiger partial charge in [0.05, 0.1) is 6.61 Å². The number of ether oxygens (including phenoxy) is 1. The average Bonchev–Trinajstić information content (AvgIpc) is 2.17. The van der Waals surface area contributed by atoms with Crippen LogP contribution in [0.3, 0.4) is 0 Å². The first-order valence-electron chi connectivity index (χ1n) is 5.63. The van der Waals surface area contributed by atoms with E-state index in [1.54, 1.807) is 0 Å². The van der Waals surface area contributed by atoms with Crippen LogP contribution in [0.4, 0.5) is 0 Å². The van der Waals surface area contributed by atoms with Crippen molar-refractivity contribution in [1.82, 2.24) is 0 Å². The molecule has 0 atom stereocenters. The number of carbonyl (C=O) groups is 1. The van der Waals surface area contributed by atoms with Crippen molar-refractivity contribution in [3.8, 4) is 0 Å². The quantitative estimate of drug-likeness (QED) is 0.374. The Balaban J connectivity index is 3.97. The second-order valence-electron chi connectivity index (χ2n) is 3.41. The Kier molecular flexibility index (Phi) is 8.15. The van der Waals surface area contributed by atoms with E-state index >= 15 is 0 Å². The minimum absolute atomic E-state index is 0.247. The Hall–Kier alpha value is -0.653. The van der Waals surface area contributed by atoms with Gasteiger partial charge in [0.15, 0.2) is 0 Å². The molecule has 16 heavy (non-hydrogen) atoms. The van der Waals surface area contributed by atoms with Crippen LogP contribution in [0.15, 0.2) is 11.8 Å². The van der Waals surface area contributed by atoms with Gasteiger partial charge in [0.2, 0.25) is 0 Å². The zero-order valence-electron chi connectivity index (χ0n) is 10.6. The molecule has 5 heteroatoms. The molecule has 0 aliphatic rings. The summed E-state index contributed by atoms with van der Waals surface area (Å²) in [5.41, 5.74) is 1.99. The third-order valence-electron chi connectivity index (χ3n) is 1.87. The van der Waals surface area contributed by atoms with E-state index in [0.29, 0.717) is 26.2 Å². The van der Waals surface area contributed by atoms with Crippen LogP contribution in [0.2, 0.25) is 6.55 Å². The van der Waals surface area contributed by atoms with Crippen molar-refractivity contribution < 1.29 is 18.4 Å². The van der Waals surface area contributed by atoms with Crippen molar-refractivity contribution in [3.63, 3.8) is 0 Å². The fourth-order valence-corrected chi connectivity index (χ4v) is 3.30. The van der Waals surface area contributed by atoms with Gasteiger partial charge >= 0.3 is 14.5 Å². The Labute approximate surface area is 98.8 Å². The lowest BCUT2D eigenvalue weighted by molar-refractivity contribution is -0.140. The summed E-state index contributed by atoms with van der Waals surface area (Å²) >= 11 is 0. The molecule has 0 amide bonds. The molecule has 0 saturated carbocycles. The molecule has 0 aliphatic heterocycles. The SMILES string of the molecule is CCO[Si](C)(/C=C\CCOC(C)=O)OCC. The van der Waals surface area contributed by atoms with Gasteiger partial charge in [0.1, 0.15) is 0 Å². The van der Waals surface area contributed by atoms with Crippen molar-refractivity contribution >= 4 is 14.5 Å². The minimum Gasteiger partial charge on any atom is -0.466 e. The molecule has 0 spiro atoms. The first kappa shape index (κ1) is 15.3. The Morgan fingerprint density at radius 2 is 1.81 bits per heavy atom. The first-order chi connectivity index (χ1) is 7.54. The second-order valence-corrected chi connectivity index (χ2v) is 6.36. The van der Waals surface area contributed by atoms with Gasteiger partial charge < -0.3 is 13.6 Å². The normalized spacial score (nSPS) is 12.0. The van der Waals surface area contributed by atoms with Crippen LogP contribution in [-0.4, -0.2) is 34.4 Å². The molecule has 0 rings (SSSR count). The van der Waals surface area contributed by atoms with Gasteiger partial charge in [-0.05, 0) is 32.5 Å². The van der Waals surface area contributed by atoms with Crippen LogP contribution in [0, 0.1) is 0 Å². The highest BCUT2D eigenvalue weighted by Gasteiger charge is 2.26. The summed E-state index contributed by atoms with van der Waals surface area (Å²) in [6, 6.07) is 0. The molecule has 0 heterocycles. The summed E-state index contributed by atoms with van der Waals surface area (Å²) in [5, 5.41) is 0. The monoisotopic (exact) mass is 246 g/mol. The zero-order chi connectivity index (χ0) is 12.4. The lowest BCUT2D eigenvalue weighted by Gasteiger charge is -2.22. The summed E-state index contributed by atoms with van der Waals surface area (Å²) in [6.45, 7) is 9.03. The van der Waals surface area contributed by atoms with Crippen molar-refractivity contribution in [2.45, 2.75) is 33.7 Å². The standard InChI is InChI=1S/C11H22O4Si/c1-5-14-16(4,15-6-2)10-8-7-9-13-11(3)12/h8,10H,5-7,9H2,1-4H3/b10-8-. The smallest absolute Gasteiger partial charge is 0.361 e. The van der Waals surface area contributed by atoms with E-state index in [1.807, 2.05) is 32.2 Å². The molecular formula is C11H22O4Si. The van der Waals surface area contributed by atoms with Gasteiger partial charge in [0.25, 0.3) is 0 Å². The van der Waals surface area contributed by atoms with E-state index in [-0.39, 0.29) is 5.97 Å². The number of carbonyl (C=O) groups excluding carboxylic acids is 1. The highest BCUT2D eigenvalue weighted by Crippen LogP contribution is 2.09. The summed E-state index contributed by atoms with van der Waals surface area (Å²) in [5.74, 6) is -0.247. The molecule has 0 aromatic rings. The molecule has 4 nitrogen and oxygen atoms in total. The molecule has 0 N–H and O–H groups in total. The van der Waals surface area contributed by atoms with Crippen molar-refractivity contribution in [2.75, 3.05) is 19.8 Å². The number of esters is 1. The van der Waals surface area contributed by atoms with Crippen LogP contribution < -0.4 is 0 Å². The summed E-state index contributed by atoms with van der Waals surface area (Å²) < 4.78 is 16.1. The molecule has 0 aromatic carbocycles. The van der Waals surface area contributed by atoms with E-state index in [4.69, 9.17) is 13.6 Å². The molecule has 0 bridgehead atoms. The number of rotatable bonds is 8. The van der Waals surface area contributed by atoms with Gasteiger partial charge in [-0.2, -0.15) is 0 Å². The van der Waals surface area contributed by atoms with Gasteiger partial charge in [-0.1, -0.05) is 6.08 Å². The molecule has 0 saturated heterocycles. The highest BCUT2D eigenvalue weighted by molar-refractivity contribution is 6.71. The van der Waals surface area contributed by atoms with Gasteiger partial charge in [-0.3, -0.25) is 4.79 Å². The zero-order valence-corrected chi connectivity index (χ0v) is 11.6. The van der Waals surface area contributed by atoms with Crippen LogP contribution in [0.5, 0.6) is 0 Å². The number of hydrogen-bond acceptors (Lipinski definition) is 4. The summed E-state index contributed by atoms with van der Waals surface area (Å²) in [4.78, 5) is 10.5. The third kappa shape index (κ3) is 7.61. The minimum atomic E-state index is -2.15. The van der Waals surface area contributed by atoms with E-state index in [2.05, 4.69) is 0 Å². The highest BCUT2D eigenvalue weighted by atomic mass is 28.4. The predicted octanol–water partition coefficient (Wildman–Crippen LogP) is 2.18. The van der Waals surface area contributed by atoms with E-state index in [9.17, 15) is 4.79 Å². The molecule has 0 aliphatic carbocycles. The Bertz CT molecular complexity index is 222. The summed E-state index contributed by atoms with van der Waals surface area (Å²) in [6.07, 6.45) is 2.66. The third-order valence-corrected chi connectivity index (χ3v) is 4.44. The van der Waals surface area contributed by atoms with Crippen molar-refractivity contribution in [2.24, 2.45) is 0 Å². The van der Waals surface area contributed by atoms with Gasteiger partial charge in [-0.15, -0.1) is 0 Å². The summed E-state index contributed by atoms with van der Waals surface area (Å²) in [7, 11) is -2.15.